The summed E-state index contributed by atoms with van der Waals surface area (Å²) < 4.78 is 48.3. The van der Waals surface area contributed by atoms with Gasteiger partial charge in [-0.15, -0.1) is 10.2 Å². The van der Waals surface area contributed by atoms with E-state index >= 15 is 0 Å². The van der Waals surface area contributed by atoms with Crippen molar-refractivity contribution >= 4 is 11.7 Å². The molecule has 158 valence electrons. The van der Waals surface area contributed by atoms with Crippen molar-refractivity contribution < 1.29 is 27.1 Å². The van der Waals surface area contributed by atoms with Gasteiger partial charge in [0.25, 0.3) is 0 Å². The van der Waals surface area contributed by atoms with Crippen LogP contribution in [-0.2, 0) is 6.18 Å². The second-order valence-electron chi connectivity index (χ2n) is 6.88. The summed E-state index contributed by atoms with van der Waals surface area (Å²) in [5, 5.41) is 9.37. The number of hydrogen-bond donors (Lipinski definition) is 1. The quantitative estimate of drug-likeness (QED) is 0.697. The van der Waals surface area contributed by atoms with Crippen LogP contribution in [0.2, 0.25) is 0 Å². The van der Waals surface area contributed by atoms with E-state index in [1.54, 1.807) is 24.3 Å². The lowest BCUT2D eigenvalue weighted by molar-refractivity contribution is -0.157. The van der Waals surface area contributed by atoms with Crippen molar-refractivity contribution in [3.63, 3.8) is 0 Å². The van der Waals surface area contributed by atoms with Gasteiger partial charge in [0.05, 0.1) is 12.5 Å². The van der Waals surface area contributed by atoms with Crippen LogP contribution in [-0.4, -0.2) is 40.8 Å². The highest BCUT2D eigenvalue weighted by Crippen LogP contribution is 2.32. The van der Waals surface area contributed by atoms with E-state index in [-0.39, 0.29) is 18.5 Å². The number of halogens is 3. The van der Waals surface area contributed by atoms with Gasteiger partial charge in [-0.1, -0.05) is 13.3 Å². The van der Waals surface area contributed by atoms with Crippen molar-refractivity contribution in [1.29, 1.82) is 0 Å². The molecule has 0 spiro atoms. The van der Waals surface area contributed by atoms with Gasteiger partial charge in [-0.2, -0.15) is 13.2 Å². The SMILES string of the molecule is CCCCOc1ccc(NC(=O)N2CCCC(c3nnc(C(F)(F)F)o3)C2)cc1. The zero-order valence-electron chi connectivity index (χ0n) is 16.0. The Morgan fingerprint density at radius 2 is 2.07 bits per heavy atom. The summed E-state index contributed by atoms with van der Waals surface area (Å²) in [6.07, 6.45) is -1.45. The van der Waals surface area contributed by atoms with Crippen LogP contribution in [0.1, 0.15) is 50.3 Å². The number of hydrogen-bond acceptors (Lipinski definition) is 5. The van der Waals surface area contributed by atoms with Gasteiger partial charge in [0, 0.05) is 18.8 Å². The normalized spacial score (nSPS) is 17.2. The lowest BCUT2D eigenvalue weighted by Crippen LogP contribution is -2.41. The Morgan fingerprint density at radius 3 is 2.72 bits per heavy atom. The molecule has 1 saturated heterocycles. The second-order valence-corrected chi connectivity index (χ2v) is 6.88. The molecule has 7 nitrogen and oxygen atoms in total. The molecule has 0 radical (unpaired) electrons. The zero-order chi connectivity index (χ0) is 20.9. The number of carbonyl (C=O) groups excluding carboxylic acids is 1. The van der Waals surface area contributed by atoms with E-state index in [1.807, 2.05) is 0 Å². The van der Waals surface area contributed by atoms with Gasteiger partial charge in [-0.05, 0) is 43.5 Å². The van der Waals surface area contributed by atoms with Gasteiger partial charge >= 0.3 is 18.1 Å². The van der Waals surface area contributed by atoms with Crippen LogP contribution in [0.15, 0.2) is 28.7 Å². The Balaban J connectivity index is 1.56. The Bertz CT molecular complexity index is 808. The number of ether oxygens (including phenoxy) is 1. The van der Waals surface area contributed by atoms with Crippen LogP contribution in [0.25, 0.3) is 0 Å². The van der Waals surface area contributed by atoms with E-state index in [9.17, 15) is 18.0 Å². The van der Waals surface area contributed by atoms with Gasteiger partial charge in [0.15, 0.2) is 0 Å². The van der Waals surface area contributed by atoms with Crippen LogP contribution in [0, 0.1) is 0 Å². The molecule has 29 heavy (non-hydrogen) atoms. The summed E-state index contributed by atoms with van der Waals surface area (Å²) in [5.74, 6) is -1.16. The molecule has 2 aromatic rings. The fourth-order valence-corrected chi connectivity index (χ4v) is 3.05. The van der Waals surface area contributed by atoms with E-state index in [0.717, 1.165) is 18.6 Å². The molecule has 2 heterocycles. The lowest BCUT2D eigenvalue weighted by Gasteiger charge is -2.31. The van der Waals surface area contributed by atoms with Crippen molar-refractivity contribution in [3.05, 3.63) is 36.0 Å². The van der Waals surface area contributed by atoms with Gasteiger partial charge < -0.3 is 19.4 Å². The first-order valence-corrected chi connectivity index (χ1v) is 9.56. The Morgan fingerprint density at radius 1 is 1.31 bits per heavy atom. The average molecular weight is 412 g/mol. The summed E-state index contributed by atoms with van der Waals surface area (Å²) in [4.78, 5) is 14.1. The third-order valence-corrected chi connectivity index (χ3v) is 4.61. The summed E-state index contributed by atoms with van der Waals surface area (Å²) in [7, 11) is 0. The van der Waals surface area contributed by atoms with E-state index in [1.165, 1.54) is 4.90 Å². The van der Waals surface area contributed by atoms with Crippen molar-refractivity contribution in [2.75, 3.05) is 25.0 Å². The summed E-state index contributed by atoms with van der Waals surface area (Å²) in [5.41, 5.74) is 0.608. The first-order valence-electron chi connectivity index (χ1n) is 9.56. The largest absolute Gasteiger partial charge is 0.494 e. The first-order chi connectivity index (χ1) is 13.9. The molecule has 0 saturated carbocycles. The van der Waals surface area contributed by atoms with Crippen molar-refractivity contribution in [3.8, 4) is 5.75 Å². The maximum atomic E-state index is 12.7. The maximum Gasteiger partial charge on any atom is 0.470 e. The number of urea groups is 1. The predicted molar refractivity (Wildman–Crippen MR) is 98.7 cm³/mol. The molecular formula is C19H23F3N4O3. The van der Waals surface area contributed by atoms with Gasteiger partial charge in [-0.3, -0.25) is 0 Å². The van der Waals surface area contributed by atoms with Crippen molar-refractivity contribution in [2.24, 2.45) is 0 Å². The summed E-state index contributed by atoms with van der Waals surface area (Å²) in [6, 6.07) is 6.72. The number of likely N-dealkylation sites (tertiary alicyclic amines) is 1. The molecule has 0 aliphatic carbocycles. The minimum atomic E-state index is -4.68. The lowest BCUT2D eigenvalue weighted by atomic mass is 9.98. The number of benzene rings is 1. The Hall–Kier alpha value is -2.78. The smallest absolute Gasteiger partial charge is 0.470 e. The van der Waals surface area contributed by atoms with Crippen LogP contribution in [0.5, 0.6) is 5.75 Å². The van der Waals surface area contributed by atoms with E-state index in [0.29, 0.717) is 31.7 Å². The molecule has 2 amide bonds. The highest BCUT2D eigenvalue weighted by atomic mass is 19.4. The van der Waals surface area contributed by atoms with Crippen LogP contribution < -0.4 is 10.1 Å². The van der Waals surface area contributed by atoms with Crippen molar-refractivity contribution in [2.45, 2.75) is 44.7 Å². The summed E-state index contributed by atoms with van der Waals surface area (Å²) in [6.45, 7) is 3.44. The highest BCUT2D eigenvalue weighted by molar-refractivity contribution is 5.89. The highest BCUT2D eigenvalue weighted by Gasteiger charge is 2.39. The minimum absolute atomic E-state index is 0.0941. The number of anilines is 1. The Kier molecular flexibility index (Phi) is 6.60. The molecule has 1 N–H and O–H groups in total. The van der Waals surface area contributed by atoms with Crippen LogP contribution >= 0.6 is 0 Å². The predicted octanol–water partition coefficient (Wildman–Crippen LogP) is 4.68. The number of rotatable bonds is 6. The van der Waals surface area contributed by atoms with E-state index in [2.05, 4.69) is 22.4 Å². The number of nitrogens with one attached hydrogen (secondary N) is 1. The monoisotopic (exact) mass is 412 g/mol. The van der Waals surface area contributed by atoms with Crippen LogP contribution in [0.3, 0.4) is 0 Å². The van der Waals surface area contributed by atoms with Gasteiger partial charge in [-0.25, -0.2) is 4.79 Å². The minimum Gasteiger partial charge on any atom is -0.494 e. The number of nitrogens with zero attached hydrogens (tertiary/aromatic N) is 3. The van der Waals surface area contributed by atoms with Crippen molar-refractivity contribution in [1.82, 2.24) is 15.1 Å². The molecule has 10 heteroatoms. The third kappa shape index (κ3) is 5.61. The topological polar surface area (TPSA) is 80.5 Å². The zero-order valence-corrected chi connectivity index (χ0v) is 16.0. The Labute approximate surface area is 166 Å². The third-order valence-electron chi connectivity index (χ3n) is 4.61. The number of aromatic nitrogens is 2. The molecule has 1 unspecified atom stereocenters. The molecule has 1 atom stereocenters. The molecule has 1 aromatic heterocycles. The second kappa shape index (κ2) is 9.15. The fourth-order valence-electron chi connectivity index (χ4n) is 3.05. The number of alkyl halides is 3. The maximum absolute atomic E-state index is 12.7. The molecule has 0 bridgehead atoms. The van der Waals surface area contributed by atoms with E-state index < -0.39 is 18.0 Å². The first kappa shape index (κ1) is 20.9. The van der Waals surface area contributed by atoms with E-state index in [4.69, 9.17) is 9.15 Å². The fraction of sp³-hybridized carbons (Fsp3) is 0.526. The number of amides is 2. The molecule has 1 aromatic carbocycles. The molecule has 1 fully saturated rings. The number of unbranched alkanes of at least 4 members (excludes halogenated alkanes) is 1. The van der Waals surface area contributed by atoms with Gasteiger partial charge in [0.2, 0.25) is 5.89 Å². The summed E-state index contributed by atoms with van der Waals surface area (Å²) >= 11 is 0. The van der Waals surface area contributed by atoms with Gasteiger partial charge in [0.1, 0.15) is 5.75 Å². The number of carbonyl (C=O) groups is 1. The molecule has 1 aliphatic rings. The average Bonchev–Trinajstić information content (AvgIpc) is 3.20. The van der Waals surface area contributed by atoms with Crippen LogP contribution in [0.4, 0.5) is 23.7 Å². The number of piperidine rings is 1. The standard InChI is InChI=1S/C19H23F3N4O3/c1-2-3-11-28-15-8-6-14(7-9-15)23-18(27)26-10-4-5-13(12-26)16-24-25-17(29-16)19(20,21)22/h6-9,13H,2-5,10-12H2,1H3,(H,23,27). The molecule has 3 rings (SSSR count). The molecular weight excluding hydrogens is 389 g/mol. The molecule has 1 aliphatic heterocycles.